The molecule has 0 saturated carbocycles. The molecular formula is C10H5F7O2. The van der Waals surface area contributed by atoms with Crippen LogP contribution in [0.1, 0.15) is 0 Å². The number of benzene rings is 1. The normalized spacial score (nSPS) is 11.4. The number of hydrogen-bond donors (Lipinski definition) is 0. The third kappa shape index (κ3) is 4.34. The molecule has 0 unspecified atom stereocenters. The molecule has 0 saturated heterocycles. The smallest absolute Gasteiger partial charge is 0.428 e. The quantitative estimate of drug-likeness (QED) is 0.593. The first-order valence-corrected chi connectivity index (χ1v) is 4.56. The highest BCUT2D eigenvalue weighted by Gasteiger charge is 2.44. The fraction of sp³-hybridized carbons (Fsp3) is 0.200. The van der Waals surface area contributed by atoms with E-state index in [1.54, 1.807) is 0 Å². The Morgan fingerprint density at radius 2 is 1.63 bits per heavy atom. The third-order valence-corrected chi connectivity index (χ3v) is 1.67. The zero-order chi connectivity index (χ0) is 14.6. The van der Waals surface area contributed by atoms with Gasteiger partial charge in [-0.05, 0) is 12.1 Å². The van der Waals surface area contributed by atoms with Crippen molar-refractivity contribution in [1.29, 1.82) is 0 Å². The van der Waals surface area contributed by atoms with Crippen LogP contribution in [0.15, 0.2) is 36.4 Å². The summed E-state index contributed by atoms with van der Waals surface area (Å²) >= 11 is 0. The SMILES string of the molecule is FC(F)=C(F)Oc1cccc(OC(F)(F)C(F)F)c1. The summed E-state index contributed by atoms with van der Waals surface area (Å²) in [5.41, 5.74) is 0. The number of halogens is 7. The van der Waals surface area contributed by atoms with E-state index in [-0.39, 0.29) is 0 Å². The van der Waals surface area contributed by atoms with Gasteiger partial charge in [0.2, 0.25) is 0 Å². The Hall–Kier alpha value is -1.93. The molecule has 0 bridgehead atoms. The van der Waals surface area contributed by atoms with E-state index >= 15 is 0 Å². The van der Waals surface area contributed by atoms with Crippen LogP contribution >= 0.6 is 0 Å². The highest BCUT2D eigenvalue weighted by atomic mass is 19.3. The number of ether oxygens (including phenoxy) is 2. The molecule has 1 aromatic carbocycles. The summed E-state index contributed by atoms with van der Waals surface area (Å²) in [7, 11) is 0. The van der Waals surface area contributed by atoms with Gasteiger partial charge in [0.15, 0.2) is 0 Å². The lowest BCUT2D eigenvalue weighted by molar-refractivity contribution is -0.253. The third-order valence-electron chi connectivity index (χ3n) is 1.67. The van der Waals surface area contributed by atoms with Crippen LogP contribution in [0.25, 0.3) is 0 Å². The fourth-order valence-corrected chi connectivity index (χ4v) is 0.945. The zero-order valence-corrected chi connectivity index (χ0v) is 8.85. The van der Waals surface area contributed by atoms with Gasteiger partial charge in [0.1, 0.15) is 11.5 Å². The molecule has 19 heavy (non-hydrogen) atoms. The summed E-state index contributed by atoms with van der Waals surface area (Å²) < 4.78 is 92.2. The second kappa shape index (κ2) is 5.81. The maximum Gasteiger partial charge on any atom is 0.461 e. The van der Waals surface area contributed by atoms with Gasteiger partial charge in [-0.25, -0.2) is 0 Å². The minimum absolute atomic E-state index is 0.554. The van der Waals surface area contributed by atoms with Gasteiger partial charge in [-0.2, -0.15) is 30.7 Å². The summed E-state index contributed by atoms with van der Waals surface area (Å²) in [6.45, 7) is 0. The van der Waals surface area contributed by atoms with E-state index in [4.69, 9.17) is 0 Å². The molecule has 1 rings (SSSR count). The first-order chi connectivity index (χ1) is 8.72. The first-order valence-electron chi connectivity index (χ1n) is 4.56. The minimum atomic E-state index is -4.77. The Balaban J connectivity index is 2.87. The number of hydrogen-bond acceptors (Lipinski definition) is 2. The molecule has 0 radical (unpaired) electrons. The van der Waals surface area contributed by atoms with Gasteiger partial charge >= 0.3 is 24.6 Å². The summed E-state index contributed by atoms with van der Waals surface area (Å²) in [6, 6.07) is 1.07. The molecule has 0 N–H and O–H groups in total. The molecule has 2 nitrogen and oxygen atoms in total. The monoisotopic (exact) mass is 290 g/mol. The Kier molecular flexibility index (Phi) is 4.62. The Morgan fingerprint density at radius 3 is 2.16 bits per heavy atom. The van der Waals surface area contributed by atoms with Gasteiger partial charge in [-0.3, -0.25) is 0 Å². The Bertz CT molecular complexity index is 469. The predicted octanol–water partition coefficient (Wildman–Crippen LogP) is 4.34. The van der Waals surface area contributed by atoms with Gasteiger partial charge in [-0.1, -0.05) is 6.07 Å². The molecule has 0 fully saturated rings. The van der Waals surface area contributed by atoms with Crippen molar-refractivity contribution in [3.63, 3.8) is 0 Å². The molecule has 1 aromatic rings. The van der Waals surface area contributed by atoms with Crippen molar-refractivity contribution in [2.45, 2.75) is 12.5 Å². The molecule has 0 aliphatic carbocycles. The standard InChI is InChI=1S/C10H5F7O2/c11-7(12)8(13)18-5-2-1-3-6(4-5)19-10(16,17)9(14)15/h1-4,9H. The van der Waals surface area contributed by atoms with Gasteiger partial charge in [0.05, 0.1) is 0 Å². The van der Waals surface area contributed by atoms with Gasteiger partial charge in [0, 0.05) is 6.07 Å². The van der Waals surface area contributed by atoms with E-state index in [1.807, 2.05) is 0 Å². The van der Waals surface area contributed by atoms with E-state index in [2.05, 4.69) is 9.47 Å². The van der Waals surface area contributed by atoms with Crippen molar-refractivity contribution >= 4 is 0 Å². The van der Waals surface area contributed by atoms with Crippen LogP contribution < -0.4 is 9.47 Å². The average Bonchev–Trinajstić information content (AvgIpc) is 2.28. The van der Waals surface area contributed by atoms with Crippen molar-refractivity contribution in [2.24, 2.45) is 0 Å². The van der Waals surface area contributed by atoms with Crippen LogP contribution in [-0.4, -0.2) is 12.5 Å². The molecule has 0 aliphatic rings. The van der Waals surface area contributed by atoms with Crippen molar-refractivity contribution in [1.82, 2.24) is 0 Å². The van der Waals surface area contributed by atoms with Gasteiger partial charge < -0.3 is 9.47 Å². The summed E-state index contributed by atoms with van der Waals surface area (Å²) in [4.78, 5) is 0. The lowest BCUT2D eigenvalue weighted by atomic mass is 10.3. The van der Waals surface area contributed by atoms with E-state index in [0.717, 1.165) is 18.2 Å². The van der Waals surface area contributed by atoms with Crippen LogP contribution in [0.5, 0.6) is 11.5 Å². The maximum absolute atomic E-state index is 12.5. The molecule has 0 spiro atoms. The number of rotatable bonds is 5. The predicted molar refractivity (Wildman–Crippen MR) is 49.0 cm³/mol. The van der Waals surface area contributed by atoms with Crippen LogP contribution in [0, 0.1) is 0 Å². The second-order valence-electron chi connectivity index (χ2n) is 3.08. The first kappa shape index (κ1) is 15.1. The summed E-state index contributed by atoms with van der Waals surface area (Å²) in [6.07, 6.45) is -11.6. The van der Waals surface area contributed by atoms with E-state index < -0.39 is 36.1 Å². The van der Waals surface area contributed by atoms with Crippen LogP contribution in [0.3, 0.4) is 0 Å². The molecule has 0 aliphatic heterocycles. The van der Waals surface area contributed by atoms with E-state index in [0.29, 0.717) is 6.07 Å². The van der Waals surface area contributed by atoms with Crippen LogP contribution in [0.4, 0.5) is 30.7 Å². The lowest BCUT2D eigenvalue weighted by Crippen LogP contribution is -2.33. The van der Waals surface area contributed by atoms with Crippen molar-refractivity contribution in [2.75, 3.05) is 0 Å². The molecular weight excluding hydrogens is 285 g/mol. The Labute approximate surface area is 102 Å². The largest absolute Gasteiger partial charge is 0.461 e. The summed E-state index contributed by atoms with van der Waals surface area (Å²) in [5, 5.41) is 0. The topological polar surface area (TPSA) is 18.5 Å². The highest BCUT2D eigenvalue weighted by Crippen LogP contribution is 2.30. The average molecular weight is 290 g/mol. The van der Waals surface area contributed by atoms with Gasteiger partial charge in [-0.15, -0.1) is 0 Å². The molecule has 106 valence electrons. The van der Waals surface area contributed by atoms with Crippen molar-refractivity contribution in [3.05, 3.63) is 36.4 Å². The number of alkyl halides is 4. The van der Waals surface area contributed by atoms with Crippen molar-refractivity contribution in [3.8, 4) is 11.5 Å². The molecule has 0 aromatic heterocycles. The zero-order valence-electron chi connectivity index (χ0n) is 8.85. The van der Waals surface area contributed by atoms with E-state index in [1.165, 1.54) is 0 Å². The Morgan fingerprint density at radius 1 is 1.05 bits per heavy atom. The molecule has 0 amide bonds. The van der Waals surface area contributed by atoms with Crippen LogP contribution in [0.2, 0.25) is 0 Å². The summed E-state index contributed by atoms with van der Waals surface area (Å²) in [5.74, 6) is -1.41. The van der Waals surface area contributed by atoms with Crippen molar-refractivity contribution < 1.29 is 40.2 Å². The molecule has 0 atom stereocenters. The van der Waals surface area contributed by atoms with E-state index in [9.17, 15) is 30.7 Å². The molecule has 0 heterocycles. The second-order valence-corrected chi connectivity index (χ2v) is 3.08. The van der Waals surface area contributed by atoms with Gasteiger partial charge in [0.25, 0.3) is 0 Å². The molecule has 9 heteroatoms. The van der Waals surface area contributed by atoms with Crippen LogP contribution in [-0.2, 0) is 0 Å². The highest BCUT2D eigenvalue weighted by molar-refractivity contribution is 5.34. The lowest BCUT2D eigenvalue weighted by Gasteiger charge is -2.17. The fourth-order valence-electron chi connectivity index (χ4n) is 0.945. The minimum Gasteiger partial charge on any atom is -0.428 e. The maximum atomic E-state index is 12.5.